The SMILES string of the molecule is NCC=Cc1ccc2[nH]c(=O)oc2c1. The highest BCUT2D eigenvalue weighted by Gasteiger charge is 1.99. The van der Waals surface area contributed by atoms with Crippen LogP contribution in [0.1, 0.15) is 5.56 Å². The predicted molar refractivity (Wildman–Crippen MR) is 54.9 cm³/mol. The highest BCUT2D eigenvalue weighted by atomic mass is 16.4. The number of hydrogen-bond donors (Lipinski definition) is 2. The molecule has 4 heteroatoms. The lowest BCUT2D eigenvalue weighted by Gasteiger charge is -1.91. The van der Waals surface area contributed by atoms with Gasteiger partial charge in [-0.2, -0.15) is 0 Å². The number of oxazole rings is 1. The van der Waals surface area contributed by atoms with Gasteiger partial charge in [0, 0.05) is 6.54 Å². The molecule has 0 atom stereocenters. The van der Waals surface area contributed by atoms with Crippen LogP contribution in [-0.4, -0.2) is 11.5 Å². The number of nitrogens with one attached hydrogen (secondary N) is 1. The molecule has 2 aromatic rings. The van der Waals surface area contributed by atoms with Crippen LogP contribution < -0.4 is 11.5 Å². The predicted octanol–water partition coefficient (Wildman–Crippen LogP) is 1.09. The molecule has 0 aliphatic carbocycles. The molecule has 0 saturated carbocycles. The van der Waals surface area contributed by atoms with Gasteiger partial charge in [0.05, 0.1) is 5.52 Å². The van der Waals surface area contributed by atoms with E-state index in [1.165, 1.54) is 0 Å². The molecule has 0 amide bonds. The maximum absolute atomic E-state index is 10.9. The van der Waals surface area contributed by atoms with Crippen LogP contribution in [0.5, 0.6) is 0 Å². The zero-order valence-corrected chi connectivity index (χ0v) is 7.49. The van der Waals surface area contributed by atoms with Crippen molar-refractivity contribution < 1.29 is 4.42 Å². The van der Waals surface area contributed by atoms with E-state index in [1.807, 2.05) is 18.2 Å². The number of aromatic nitrogens is 1. The number of nitrogens with two attached hydrogens (primary N) is 1. The van der Waals surface area contributed by atoms with Gasteiger partial charge >= 0.3 is 5.76 Å². The highest BCUT2D eigenvalue weighted by Crippen LogP contribution is 2.13. The van der Waals surface area contributed by atoms with Crippen molar-refractivity contribution in [2.75, 3.05) is 6.54 Å². The van der Waals surface area contributed by atoms with Crippen molar-refractivity contribution in [2.45, 2.75) is 0 Å². The van der Waals surface area contributed by atoms with Gasteiger partial charge in [0.1, 0.15) is 0 Å². The minimum absolute atomic E-state index is 0.431. The summed E-state index contributed by atoms with van der Waals surface area (Å²) in [5.74, 6) is -0.431. The molecule has 0 unspecified atom stereocenters. The minimum Gasteiger partial charge on any atom is -0.408 e. The Kier molecular flexibility index (Phi) is 2.20. The molecule has 0 spiro atoms. The van der Waals surface area contributed by atoms with Crippen LogP contribution in [0.15, 0.2) is 33.5 Å². The Bertz CT molecular complexity index is 522. The summed E-state index contributed by atoms with van der Waals surface area (Å²) < 4.78 is 4.91. The third-order valence-electron chi connectivity index (χ3n) is 1.89. The van der Waals surface area contributed by atoms with E-state index in [-0.39, 0.29) is 0 Å². The molecular weight excluding hydrogens is 180 g/mol. The zero-order chi connectivity index (χ0) is 9.97. The Labute approximate surface area is 80.0 Å². The third-order valence-corrected chi connectivity index (χ3v) is 1.89. The van der Waals surface area contributed by atoms with Gasteiger partial charge in [-0.3, -0.25) is 4.98 Å². The molecule has 14 heavy (non-hydrogen) atoms. The van der Waals surface area contributed by atoms with Gasteiger partial charge < -0.3 is 10.2 Å². The first-order chi connectivity index (χ1) is 6.79. The first-order valence-corrected chi connectivity index (χ1v) is 4.29. The van der Waals surface area contributed by atoms with E-state index in [2.05, 4.69) is 4.98 Å². The van der Waals surface area contributed by atoms with Crippen molar-refractivity contribution in [2.24, 2.45) is 5.73 Å². The molecule has 0 saturated heterocycles. The number of aromatic amines is 1. The van der Waals surface area contributed by atoms with Gasteiger partial charge in [0.25, 0.3) is 0 Å². The van der Waals surface area contributed by atoms with E-state index in [4.69, 9.17) is 10.2 Å². The fourth-order valence-corrected chi connectivity index (χ4v) is 1.27. The van der Waals surface area contributed by atoms with Gasteiger partial charge in [0.15, 0.2) is 5.58 Å². The molecule has 0 aliphatic rings. The topological polar surface area (TPSA) is 72.0 Å². The summed E-state index contributed by atoms with van der Waals surface area (Å²) >= 11 is 0. The zero-order valence-electron chi connectivity index (χ0n) is 7.49. The van der Waals surface area contributed by atoms with Crippen LogP contribution in [0.3, 0.4) is 0 Å². The minimum atomic E-state index is -0.431. The second-order valence-electron chi connectivity index (χ2n) is 2.91. The van der Waals surface area contributed by atoms with E-state index >= 15 is 0 Å². The second kappa shape index (κ2) is 3.51. The molecule has 0 aliphatic heterocycles. The largest absolute Gasteiger partial charge is 0.417 e. The van der Waals surface area contributed by atoms with Gasteiger partial charge in [-0.05, 0) is 17.7 Å². The van der Waals surface area contributed by atoms with Gasteiger partial charge in [-0.25, -0.2) is 4.79 Å². The number of fused-ring (bicyclic) bond motifs is 1. The number of rotatable bonds is 2. The summed E-state index contributed by atoms with van der Waals surface area (Å²) in [6.45, 7) is 0.495. The average molecular weight is 190 g/mol. The van der Waals surface area contributed by atoms with Crippen LogP contribution >= 0.6 is 0 Å². The van der Waals surface area contributed by atoms with Gasteiger partial charge in [-0.1, -0.05) is 18.2 Å². The van der Waals surface area contributed by atoms with Crippen molar-refractivity contribution >= 4 is 17.2 Å². The quantitative estimate of drug-likeness (QED) is 0.744. The molecule has 0 fully saturated rings. The molecule has 0 radical (unpaired) electrons. The number of H-pyrrole nitrogens is 1. The van der Waals surface area contributed by atoms with E-state index in [9.17, 15) is 4.79 Å². The molecule has 1 aromatic carbocycles. The van der Waals surface area contributed by atoms with Crippen LogP contribution in [0.25, 0.3) is 17.2 Å². The van der Waals surface area contributed by atoms with Gasteiger partial charge in [-0.15, -0.1) is 0 Å². The fourth-order valence-electron chi connectivity index (χ4n) is 1.27. The molecular formula is C10H10N2O2. The Hall–Kier alpha value is -1.81. The van der Waals surface area contributed by atoms with Crippen molar-refractivity contribution in [1.29, 1.82) is 0 Å². The molecule has 0 bridgehead atoms. The van der Waals surface area contributed by atoms with E-state index in [0.29, 0.717) is 17.6 Å². The van der Waals surface area contributed by atoms with E-state index in [0.717, 1.165) is 5.56 Å². The smallest absolute Gasteiger partial charge is 0.408 e. The summed E-state index contributed by atoms with van der Waals surface area (Å²) in [4.78, 5) is 13.4. The summed E-state index contributed by atoms with van der Waals surface area (Å²) in [5.41, 5.74) is 7.56. The van der Waals surface area contributed by atoms with Crippen molar-refractivity contribution in [3.05, 3.63) is 40.4 Å². The average Bonchev–Trinajstić information content (AvgIpc) is 2.54. The molecule has 72 valence electrons. The lowest BCUT2D eigenvalue weighted by atomic mass is 10.2. The van der Waals surface area contributed by atoms with Crippen molar-refractivity contribution in [3.63, 3.8) is 0 Å². The van der Waals surface area contributed by atoms with Gasteiger partial charge in [0.2, 0.25) is 0 Å². The van der Waals surface area contributed by atoms with Crippen LogP contribution in [0.2, 0.25) is 0 Å². The Morgan fingerprint density at radius 1 is 1.50 bits per heavy atom. The van der Waals surface area contributed by atoms with Crippen molar-refractivity contribution in [3.8, 4) is 0 Å². The molecule has 3 N–H and O–H groups in total. The summed E-state index contributed by atoms with van der Waals surface area (Å²) in [6, 6.07) is 5.48. The standard InChI is InChI=1S/C10H10N2O2/c11-5-1-2-7-3-4-8-9(6-7)14-10(13)12-8/h1-4,6H,5,11H2,(H,12,13). The lowest BCUT2D eigenvalue weighted by molar-refractivity contribution is 0.555. The summed E-state index contributed by atoms with van der Waals surface area (Å²) in [7, 11) is 0. The Morgan fingerprint density at radius 2 is 2.36 bits per heavy atom. The molecule has 2 rings (SSSR count). The lowest BCUT2D eigenvalue weighted by Crippen LogP contribution is -1.92. The number of hydrogen-bond acceptors (Lipinski definition) is 3. The summed E-state index contributed by atoms with van der Waals surface area (Å²) in [6.07, 6.45) is 3.72. The van der Waals surface area contributed by atoms with Crippen molar-refractivity contribution in [1.82, 2.24) is 4.98 Å². The first kappa shape index (κ1) is 8.77. The third kappa shape index (κ3) is 1.60. The van der Waals surface area contributed by atoms with Crippen LogP contribution in [-0.2, 0) is 0 Å². The normalized spacial score (nSPS) is 11.5. The highest BCUT2D eigenvalue weighted by molar-refractivity contribution is 5.75. The molecule has 4 nitrogen and oxygen atoms in total. The second-order valence-corrected chi connectivity index (χ2v) is 2.91. The van der Waals surface area contributed by atoms with E-state index in [1.54, 1.807) is 12.1 Å². The van der Waals surface area contributed by atoms with Crippen LogP contribution in [0, 0.1) is 0 Å². The molecule has 1 heterocycles. The molecule has 1 aromatic heterocycles. The summed E-state index contributed by atoms with van der Waals surface area (Å²) in [5, 5.41) is 0. The first-order valence-electron chi connectivity index (χ1n) is 4.29. The maximum Gasteiger partial charge on any atom is 0.417 e. The Balaban J connectivity index is 2.50. The number of benzene rings is 1. The maximum atomic E-state index is 10.9. The monoisotopic (exact) mass is 190 g/mol. The Morgan fingerprint density at radius 3 is 3.14 bits per heavy atom. The van der Waals surface area contributed by atoms with E-state index < -0.39 is 5.76 Å². The fraction of sp³-hybridized carbons (Fsp3) is 0.100. The van der Waals surface area contributed by atoms with Crippen LogP contribution in [0.4, 0.5) is 0 Å².